The van der Waals surface area contributed by atoms with Crippen LogP contribution in [-0.4, -0.2) is 74.9 Å². The predicted molar refractivity (Wildman–Crippen MR) is 220 cm³/mol. The highest BCUT2D eigenvalue weighted by atomic mass is 31.2. The highest BCUT2D eigenvalue weighted by molar-refractivity contribution is 7.47. The van der Waals surface area contributed by atoms with Crippen molar-refractivity contribution in [1.82, 2.24) is 0 Å². The second kappa shape index (κ2) is 36.4. The lowest BCUT2D eigenvalue weighted by Crippen LogP contribution is -2.37. The highest BCUT2D eigenvalue weighted by Crippen LogP contribution is 2.43. The molecule has 0 aromatic carbocycles. The van der Waals surface area contributed by atoms with E-state index in [9.17, 15) is 19.0 Å². The number of esters is 2. The van der Waals surface area contributed by atoms with Gasteiger partial charge in [-0.2, -0.15) is 0 Å². The Morgan fingerprint density at radius 1 is 0.566 bits per heavy atom. The summed E-state index contributed by atoms with van der Waals surface area (Å²) in [5, 5.41) is 0. The first kappa shape index (κ1) is 51.8. The monoisotopic (exact) mass is 775 g/mol. The van der Waals surface area contributed by atoms with Crippen LogP contribution in [0.1, 0.15) is 200 Å². The van der Waals surface area contributed by atoms with E-state index in [1.54, 1.807) is 0 Å². The van der Waals surface area contributed by atoms with E-state index in [2.05, 4.69) is 26.0 Å². The molecule has 0 aromatic heterocycles. The molecule has 0 amide bonds. The van der Waals surface area contributed by atoms with Gasteiger partial charge in [0.1, 0.15) is 19.8 Å². The molecular weight excluding hydrogens is 689 g/mol. The summed E-state index contributed by atoms with van der Waals surface area (Å²) in [5.74, 6) is -0.800. The zero-order valence-corrected chi connectivity index (χ0v) is 36.2. The molecule has 0 aliphatic rings. The van der Waals surface area contributed by atoms with Crippen LogP contribution in [0.25, 0.3) is 0 Å². The number of unbranched alkanes of at least 4 members (excludes halogenated alkanes) is 24. The fourth-order valence-electron chi connectivity index (χ4n) is 6.07. The van der Waals surface area contributed by atoms with E-state index in [1.807, 2.05) is 21.1 Å². The summed E-state index contributed by atoms with van der Waals surface area (Å²) < 4.78 is 34.3. The fraction of sp³-hybridized carbons (Fsp3) is 0.907. The van der Waals surface area contributed by atoms with Crippen molar-refractivity contribution in [3.8, 4) is 0 Å². The third-order valence-corrected chi connectivity index (χ3v) is 10.5. The maximum atomic E-state index is 12.7. The Morgan fingerprint density at radius 3 is 1.43 bits per heavy atom. The van der Waals surface area contributed by atoms with E-state index in [0.717, 1.165) is 51.4 Å². The number of allylic oxidation sites excluding steroid dienone is 2. The Morgan fingerprint density at radius 2 is 0.962 bits per heavy atom. The van der Waals surface area contributed by atoms with E-state index in [1.165, 1.54) is 116 Å². The van der Waals surface area contributed by atoms with Gasteiger partial charge in [0.15, 0.2) is 6.10 Å². The van der Waals surface area contributed by atoms with Gasteiger partial charge >= 0.3 is 19.8 Å². The van der Waals surface area contributed by atoms with Gasteiger partial charge < -0.3 is 18.9 Å². The first-order chi connectivity index (χ1) is 25.5. The van der Waals surface area contributed by atoms with Gasteiger partial charge in [0.05, 0.1) is 27.7 Å². The van der Waals surface area contributed by atoms with Crippen molar-refractivity contribution in [2.45, 2.75) is 206 Å². The average molecular weight is 775 g/mol. The van der Waals surface area contributed by atoms with Crippen LogP contribution < -0.4 is 0 Å². The Balaban J connectivity index is 4.32. The van der Waals surface area contributed by atoms with Gasteiger partial charge in [0, 0.05) is 12.8 Å². The molecule has 0 aliphatic heterocycles. The van der Waals surface area contributed by atoms with Gasteiger partial charge in [0.25, 0.3) is 0 Å². The molecule has 0 fully saturated rings. The summed E-state index contributed by atoms with van der Waals surface area (Å²) in [7, 11) is 1.48. The van der Waals surface area contributed by atoms with Crippen molar-refractivity contribution in [2.75, 3.05) is 47.5 Å². The Bertz CT molecular complexity index is 922. The average Bonchev–Trinajstić information content (AvgIpc) is 3.10. The molecule has 2 atom stereocenters. The zero-order valence-electron chi connectivity index (χ0n) is 35.3. The van der Waals surface area contributed by atoms with Crippen molar-refractivity contribution >= 4 is 19.8 Å². The summed E-state index contributed by atoms with van der Waals surface area (Å²) in [6, 6.07) is 0. The highest BCUT2D eigenvalue weighted by Gasteiger charge is 2.27. The zero-order chi connectivity index (χ0) is 39.3. The number of carbonyl (C=O) groups excluding carboxylic acids is 2. The number of carbonyl (C=O) groups is 2. The second-order valence-electron chi connectivity index (χ2n) is 16.1. The molecule has 0 spiro atoms. The third kappa shape index (κ3) is 40.2. The standard InChI is InChI=1S/C43H84NO8P/c1-6-8-10-12-14-16-18-20-21-22-23-24-26-28-30-32-34-36-43(46)52-41(40-51-53(47,48)50-38-37-44(3,4)5)39-49-42(45)35-33-31-29-27-25-19-17-15-13-11-9-7-2/h15,17,41H,6-14,16,18-40H2,1-5H3/p+1/b17-15+/t41-/m1/s1. The van der Waals surface area contributed by atoms with Crippen molar-refractivity contribution < 1.29 is 42.1 Å². The molecule has 9 nitrogen and oxygen atoms in total. The van der Waals surface area contributed by atoms with Gasteiger partial charge in [-0.1, -0.05) is 161 Å². The summed E-state index contributed by atoms with van der Waals surface area (Å²) in [4.78, 5) is 35.3. The molecule has 0 radical (unpaired) electrons. The molecule has 1 N–H and O–H groups in total. The molecule has 0 saturated heterocycles. The minimum Gasteiger partial charge on any atom is -0.462 e. The predicted octanol–water partition coefficient (Wildman–Crippen LogP) is 12.2. The van der Waals surface area contributed by atoms with Crippen LogP contribution in [0.3, 0.4) is 0 Å². The number of rotatable bonds is 40. The normalized spacial score (nSPS) is 13.7. The van der Waals surface area contributed by atoms with Gasteiger partial charge in [-0.25, -0.2) is 4.57 Å². The van der Waals surface area contributed by atoms with Gasteiger partial charge in [0.2, 0.25) is 0 Å². The number of phosphoric acid groups is 1. The van der Waals surface area contributed by atoms with Gasteiger partial charge in [-0.15, -0.1) is 0 Å². The van der Waals surface area contributed by atoms with E-state index >= 15 is 0 Å². The van der Waals surface area contributed by atoms with E-state index in [0.29, 0.717) is 17.4 Å². The minimum atomic E-state index is -4.37. The molecule has 0 bridgehead atoms. The number of hydrogen-bond donors (Lipinski definition) is 1. The van der Waals surface area contributed by atoms with Crippen molar-refractivity contribution in [2.24, 2.45) is 0 Å². The molecule has 0 aliphatic carbocycles. The van der Waals surface area contributed by atoms with E-state index in [-0.39, 0.29) is 32.0 Å². The van der Waals surface area contributed by atoms with Crippen LogP contribution in [0.4, 0.5) is 0 Å². The molecule has 1 unspecified atom stereocenters. The lowest BCUT2D eigenvalue weighted by Gasteiger charge is -2.24. The molecule has 0 saturated carbocycles. The smallest absolute Gasteiger partial charge is 0.462 e. The van der Waals surface area contributed by atoms with E-state index in [4.69, 9.17) is 18.5 Å². The first-order valence-electron chi connectivity index (χ1n) is 21.9. The number of hydrogen-bond acceptors (Lipinski definition) is 7. The Hall–Kier alpha value is -1.25. The lowest BCUT2D eigenvalue weighted by atomic mass is 10.0. The van der Waals surface area contributed by atoms with Gasteiger partial charge in [-0.3, -0.25) is 18.6 Å². The fourth-order valence-corrected chi connectivity index (χ4v) is 6.81. The van der Waals surface area contributed by atoms with E-state index < -0.39 is 26.5 Å². The van der Waals surface area contributed by atoms with Crippen molar-refractivity contribution in [3.05, 3.63) is 12.2 Å². The lowest BCUT2D eigenvalue weighted by molar-refractivity contribution is -0.870. The van der Waals surface area contributed by atoms with Crippen LogP contribution in [0.5, 0.6) is 0 Å². The van der Waals surface area contributed by atoms with Gasteiger partial charge in [-0.05, 0) is 38.5 Å². The summed E-state index contributed by atoms with van der Waals surface area (Å²) in [6.07, 6.45) is 36.8. The number of phosphoric ester groups is 1. The summed E-state index contributed by atoms with van der Waals surface area (Å²) >= 11 is 0. The third-order valence-electron chi connectivity index (χ3n) is 9.55. The number of nitrogens with zero attached hydrogens (tertiary/aromatic N) is 1. The second-order valence-corrected chi connectivity index (χ2v) is 17.5. The van der Waals surface area contributed by atoms with Crippen LogP contribution in [0, 0.1) is 0 Å². The summed E-state index contributed by atoms with van der Waals surface area (Å²) in [5.41, 5.74) is 0. The van der Waals surface area contributed by atoms with Crippen LogP contribution in [0.2, 0.25) is 0 Å². The molecule has 0 aromatic rings. The van der Waals surface area contributed by atoms with Crippen molar-refractivity contribution in [1.29, 1.82) is 0 Å². The topological polar surface area (TPSA) is 108 Å². The van der Waals surface area contributed by atoms with Crippen LogP contribution in [0.15, 0.2) is 12.2 Å². The number of ether oxygens (including phenoxy) is 2. The van der Waals surface area contributed by atoms with Crippen LogP contribution in [-0.2, 0) is 32.7 Å². The summed E-state index contributed by atoms with van der Waals surface area (Å²) in [6.45, 7) is 4.41. The first-order valence-corrected chi connectivity index (χ1v) is 23.4. The largest absolute Gasteiger partial charge is 0.472 e. The Labute approximate surface area is 326 Å². The minimum absolute atomic E-state index is 0.0335. The molecule has 314 valence electrons. The molecule has 0 heterocycles. The van der Waals surface area contributed by atoms with Crippen molar-refractivity contribution in [3.63, 3.8) is 0 Å². The number of quaternary nitrogens is 1. The Kier molecular flexibility index (Phi) is 35.5. The molecule has 53 heavy (non-hydrogen) atoms. The molecular formula is C43H85NO8P+. The molecule has 10 heteroatoms. The quantitative estimate of drug-likeness (QED) is 0.0215. The number of likely N-dealkylation sites (N-methyl/N-ethyl adjacent to an activating group) is 1. The van der Waals surface area contributed by atoms with Crippen LogP contribution >= 0.6 is 7.82 Å². The maximum Gasteiger partial charge on any atom is 0.472 e. The SMILES string of the molecule is CCCCC/C=C/CCCCCCCC(=O)OC[C@H](COP(=O)(O)OCC[N+](C)(C)C)OC(=O)CCCCCCCCCCCCCCCCCCC. The maximum absolute atomic E-state index is 12.7. The molecule has 0 rings (SSSR count).